The fourth-order valence-electron chi connectivity index (χ4n) is 0.825. The van der Waals surface area contributed by atoms with E-state index < -0.39 is 0 Å². The first-order valence-corrected chi connectivity index (χ1v) is 3.78. The van der Waals surface area contributed by atoms with Crippen LogP contribution in [0.15, 0.2) is 24.1 Å². The van der Waals surface area contributed by atoms with E-state index >= 15 is 0 Å². The van der Waals surface area contributed by atoms with Crippen LogP contribution in [0.5, 0.6) is 0 Å². The van der Waals surface area contributed by atoms with Gasteiger partial charge in [-0.3, -0.25) is 0 Å². The van der Waals surface area contributed by atoms with E-state index in [0.29, 0.717) is 0 Å². The molecule has 1 aliphatic rings. The van der Waals surface area contributed by atoms with Gasteiger partial charge in [0.1, 0.15) is 0 Å². The van der Waals surface area contributed by atoms with Crippen LogP contribution >= 0.6 is 11.5 Å². The van der Waals surface area contributed by atoms with Gasteiger partial charge in [0.05, 0.1) is 4.53 Å². The number of fused-ring (bicyclic) bond motifs is 1. The van der Waals surface area contributed by atoms with E-state index in [4.69, 9.17) is 0 Å². The molecule has 0 amide bonds. The summed E-state index contributed by atoms with van der Waals surface area (Å²) in [5.74, 6) is 0. The molecule has 1 aromatic heterocycles. The minimum Gasteiger partial charge on any atom is -0.200 e. The second-order valence-electron chi connectivity index (χ2n) is 1.98. The van der Waals surface area contributed by atoms with E-state index in [0.717, 1.165) is 0 Å². The molecule has 0 atom stereocenters. The topological polar surface area (TPSA) is 12.9 Å². The summed E-state index contributed by atoms with van der Waals surface area (Å²) in [6.07, 6.45) is 9.71. The highest BCUT2D eigenvalue weighted by Gasteiger charge is 1.85. The number of aromatic nitrogens is 1. The molecule has 0 saturated heterocycles. The third kappa shape index (κ3) is 0.838. The molecule has 1 nitrogen and oxygen atoms in total. The maximum Gasteiger partial charge on any atom is 0.0556 e. The van der Waals surface area contributed by atoms with Gasteiger partial charge in [-0.15, -0.1) is 5.73 Å². The number of allylic oxidation sites excluding steroid dienone is 1. The Balaban J connectivity index is 2.94. The molecular formula is C8H5NS. The summed E-state index contributed by atoms with van der Waals surface area (Å²) in [5, 5.41) is 1.19. The molecule has 48 valence electrons. The van der Waals surface area contributed by atoms with Gasteiger partial charge in [0.15, 0.2) is 0 Å². The van der Waals surface area contributed by atoms with E-state index in [1.165, 1.54) is 21.3 Å². The summed E-state index contributed by atoms with van der Waals surface area (Å²) in [5.41, 5.74) is 3.00. The van der Waals surface area contributed by atoms with Gasteiger partial charge in [0, 0.05) is 11.4 Å². The maximum absolute atomic E-state index is 4.06. The molecule has 0 aliphatic heterocycles. The van der Waals surface area contributed by atoms with Crippen molar-refractivity contribution in [1.29, 1.82) is 0 Å². The third-order valence-corrected chi connectivity index (χ3v) is 2.10. The third-order valence-electron chi connectivity index (χ3n) is 1.32. The molecule has 0 bridgehead atoms. The number of nitrogens with zero attached hydrogens (tertiary/aromatic N) is 1. The normalized spacial score (nSPS) is 13.2. The number of hydrogen-bond acceptors (Lipinski definition) is 2. The Morgan fingerprint density at radius 1 is 1.30 bits per heavy atom. The van der Waals surface area contributed by atoms with Crippen LogP contribution in [-0.4, -0.2) is 4.37 Å². The first-order valence-electron chi connectivity index (χ1n) is 3.00. The van der Waals surface area contributed by atoms with Gasteiger partial charge < -0.3 is 0 Å². The van der Waals surface area contributed by atoms with Crippen LogP contribution in [0.4, 0.5) is 0 Å². The van der Waals surface area contributed by atoms with Crippen molar-refractivity contribution < 1.29 is 0 Å². The lowest BCUT2D eigenvalue weighted by Gasteiger charge is -1.67. The van der Waals surface area contributed by atoms with Crippen molar-refractivity contribution in [2.24, 2.45) is 0 Å². The Kier molecular flexibility index (Phi) is 1.28. The fraction of sp³-hybridized carbons (Fsp3) is 0. The smallest absolute Gasteiger partial charge is 0.0556 e. The number of rotatable bonds is 0. The molecule has 2 heteroatoms. The average Bonchev–Trinajstić information content (AvgIpc) is 2.28. The monoisotopic (exact) mass is 147 g/mol. The minimum absolute atomic E-state index is 1.19. The predicted molar refractivity (Wildman–Crippen MR) is 42.9 cm³/mol. The molecule has 10 heavy (non-hydrogen) atoms. The molecule has 1 aromatic rings. The summed E-state index contributed by atoms with van der Waals surface area (Å²) in [7, 11) is 0. The Morgan fingerprint density at radius 2 is 2.20 bits per heavy atom. The molecular weight excluding hydrogens is 142 g/mol. The summed E-state index contributed by atoms with van der Waals surface area (Å²) in [6, 6.07) is 0. The van der Waals surface area contributed by atoms with Crippen LogP contribution < -0.4 is 9.75 Å². The van der Waals surface area contributed by atoms with Crippen LogP contribution in [-0.2, 0) is 0 Å². The summed E-state index contributed by atoms with van der Waals surface area (Å²) < 4.78 is 5.27. The first-order chi connectivity index (χ1) is 4.97. The zero-order chi connectivity index (χ0) is 6.81. The molecule has 0 fully saturated rings. The molecule has 0 N–H and O–H groups in total. The second-order valence-corrected chi connectivity index (χ2v) is 2.81. The predicted octanol–water partition coefficient (Wildman–Crippen LogP) is 0.429. The van der Waals surface area contributed by atoms with Crippen LogP contribution in [0.25, 0.3) is 12.2 Å². The molecule has 0 unspecified atom stereocenters. The molecule has 1 heterocycles. The van der Waals surface area contributed by atoms with E-state index in [-0.39, 0.29) is 0 Å². The zero-order valence-electron chi connectivity index (χ0n) is 5.24. The standard InChI is InChI=1S/C8H5NS/c1-2-4-7-6-9-10-8(7)5-3-1/h2-6H. The minimum atomic E-state index is 1.19. The lowest BCUT2D eigenvalue weighted by atomic mass is 10.4. The van der Waals surface area contributed by atoms with Crippen LogP contribution in [0.1, 0.15) is 0 Å². The van der Waals surface area contributed by atoms with Crippen molar-refractivity contribution in [2.75, 3.05) is 0 Å². The SMILES string of the molecule is C1=CC=c2cnsc2=CC=1. The summed E-state index contributed by atoms with van der Waals surface area (Å²) in [4.78, 5) is 0. The Hall–Kier alpha value is -1.11. The number of hydrogen-bond donors (Lipinski definition) is 0. The highest BCUT2D eigenvalue weighted by molar-refractivity contribution is 7.03. The largest absolute Gasteiger partial charge is 0.200 e. The lowest BCUT2D eigenvalue weighted by molar-refractivity contribution is 1.53. The van der Waals surface area contributed by atoms with E-state index in [1.54, 1.807) is 0 Å². The highest BCUT2D eigenvalue weighted by Crippen LogP contribution is 1.80. The Labute approximate surface area is 62.5 Å². The summed E-state index contributed by atoms with van der Waals surface area (Å²) >= 11 is 1.51. The van der Waals surface area contributed by atoms with E-state index in [9.17, 15) is 0 Å². The first kappa shape index (κ1) is 5.66. The van der Waals surface area contributed by atoms with Gasteiger partial charge in [0.2, 0.25) is 0 Å². The van der Waals surface area contributed by atoms with Crippen LogP contribution in [0, 0.1) is 0 Å². The highest BCUT2D eigenvalue weighted by atomic mass is 32.1. The van der Waals surface area contributed by atoms with Crippen LogP contribution in [0.2, 0.25) is 0 Å². The van der Waals surface area contributed by atoms with Gasteiger partial charge in [0.25, 0.3) is 0 Å². The molecule has 0 saturated carbocycles. The van der Waals surface area contributed by atoms with Crippen molar-refractivity contribution in [2.45, 2.75) is 0 Å². The second kappa shape index (κ2) is 2.25. The average molecular weight is 147 g/mol. The van der Waals surface area contributed by atoms with Gasteiger partial charge in [-0.1, -0.05) is 0 Å². The Bertz CT molecular complexity index is 370. The van der Waals surface area contributed by atoms with Gasteiger partial charge >= 0.3 is 0 Å². The van der Waals surface area contributed by atoms with Gasteiger partial charge in [-0.05, 0) is 35.8 Å². The van der Waals surface area contributed by atoms with Gasteiger partial charge in [-0.2, -0.15) is 4.37 Å². The molecule has 0 radical (unpaired) electrons. The van der Waals surface area contributed by atoms with Crippen molar-refractivity contribution in [3.63, 3.8) is 0 Å². The van der Waals surface area contributed by atoms with E-state index in [2.05, 4.69) is 10.1 Å². The van der Waals surface area contributed by atoms with Crippen molar-refractivity contribution in [3.8, 4) is 0 Å². The van der Waals surface area contributed by atoms with Crippen molar-refractivity contribution in [3.05, 3.63) is 33.8 Å². The van der Waals surface area contributed by atoms with Crippen LogP contribution in [0.3, 0.4) is 0 Å². The van der Waals surface area contributed by atoms with Gasteiger partial charge in [-0.25, -0.2) is 0 Å². The van der Waals surface area contributed by atoms with Crippen molar-refractivity contribution >= 4 is 23.7 Å². The molecule has 0 spiro atoms. The quantitative estimate of drug-likeness (QED) is 0.485. The maximum atomic E-state index is 4.06. The van der Waals surface area contributed by atoms with E-state index in [1.807, 2.05) is 30.5 Å². The zero-order valence-corrected chi connectivity index (χ0v) is 6.06. The fourth-order valence-corrected chi connectivity index (χ4v) is 1.46. The lowest BCUT2D eigenvalue weighted by Crippen LogP contribution is -2.15. The molecule has 0 aromatic carbocycles. The van der Waals surface area contributed by atoms with Crippen molar-refractivity contribution in [1.82, 2.24) is 4.37 Å². The molecule has 1 aliphatic carbocycles. The molecule has 2 rings (SSSR count). The Morgan fingerprint density at radius 3 is 3.20 bits per heavy atom. The summed E-state index contributed by atoms with van der Waals surface area (Å²) in [6.45, 7) is 0.